The number of aromatic nitrogens is 5. The Bertz CT molecular complexity index is 713. The Labute approximate surface area is 121 Å². The van der Waals surface area contributed by atoms with Gasteiger partial charge in [-0.05, 0) is 18.2 Å². The molecule has 3 heterocycles. The maximum Gasteiger partial charge on any atom is 0.213 e. The van der Waals surface area contributed by atoms with Crippen molar-refractivity contribution in [3.05, 3.63) is 54.9 Å². The van der Waals surface area contributed by atoms with Gasteiger partial charge >= 0.3 is 0 Å². The molecule has 21 heavy (non-hydrogen) atoms. The van der Waals surface area contributed by atoms with Crippen LogP contribution in [0.5, 0.6) is 5.88 Å². The summed E-state index contributed by atoms with van der Waals surface area (Å²) in [7, 11) is 1.60. The molecule has 3 aromatic heterocycles. The van der Waals surface area contributed by atoms with Crippen molar-refractivity contribution in [2.45, 2.75) is 6.54 Å². The third-order valence-corrected chi connectivity index (χ3v) is 2.87. The number of methoxy groups -OCH3 is 1. The Morgan fingerprint density at radius 1 is 1.24 bits per heavy atom. The molecule has 0 bridgehead atoms. The highest BCUT2D eigenvalue weighted by Crippen LogP contribution is 2.17. The monoisotopic (exact) mass is 282 g/mol. The third kappa shape index (κ3) is 2.97. The molecule has 0 aliphatic carbocycles. The fraction of sp³-hybridized carbons (Fsp3) is 0.143. The molecule has 1 N–H and O–H groups in total. The van der Waals surface area contributed by atoms with E-state index in [1.54, 1.807) is 24.3 Å². The summed E-state index contributed by atoms with van der Waals surface area (Å²) in [6.45, 7) is 0.560. The quantitative estimate of drug-likeness (QED) is 0.767. The minimum Gasteiger partial charge on any atom is -0.481 e. The van der Waals surface area contributed by atoms with E-state index in [4.69, 9.17) is 4.74 Å². The standard InChI is InChI=1S/C14H14N6O/c1-21-13-6-2-4-11(19-13)8-17-12-5-3-7-16-14(12)20-10-15-9-18-20/h2-7,9-10,17H,8H2,1H3. The highest BCUT2D eigenvalue weighted by Gasteiger charge is 2.06. The second-order valence-corrected chi connectivity index (χ2v) is 4.24. The Balaban J connectivity index is 1.79. The van der Waals surface area contributed by atoms with Gasteiger partial charge in [-0.15, -0.1) is 0 Å². The van der Waals surface area contributed by atoms with E-state index in [0.717, 1.165) is 11.4 Å². The van der Waals surface area contributed by atoms with Gasteiger partial charge in [0.15, 0.2) is 5.82 Å². The molecule has 0 amide bonds. The Hall–Kier alpha value is -2.96. The van der Waals surface area contributed by atoms with Crippen LogP contribution in [0.25, 0.3) is 5.82 Å². The maximum absolute atomic E-state index is 5.12. The second-order valence-electron chi connectivity index (χ2n) is 4.24. The fourth-order valence-electron chi connectivity index (χ4n) is 1.89. The van der Waals surface area contributed by atoms with Crippen molar-refractivity contribution in [1.29, 1.82) is 0 Å². The van der Waals surface area contributed by atoms with Crippen LogP contribution < -0.4 is 10.1 Å². The summed E-state index contributed by atoms with van der Waals surface area (Å²) >= 11 is 0. The molecule has 0 spiro atoms. The lowest BCUT2D eigenvalue weighted by Crippen LogP contribution is -2.07. The first-order valence-corrected chi connectivity index (χ1v) is 6.40. The molecular weight excluding hydrogens is 268 g/mol. The number of hydrogen-bond acceptors (Lipinski definition) is 6. The van der Waals surface area contributed by atoms with E-state index in [9.17, 15) is 0 Å². The van der Waals surface area contributed by atoms with Gasteiger partial charge in [0, 0.05) is 12.3 Å². The van der Waals surface area contributed by atoms with E-state index >= 15 is 0 Å². The number of nitrogens with zero attached hydrogens (tertiary/aromatic N) is 5. The van der Waals surface area contributed by atoms with Gasteiger partial charge < -0.3 is 10.1 Å². The van der Waals surface area contributed by atoms with Crippen molar-refractivity contribution >= 4 is 5.69 Å². The minimum atomic E-state index is 0.560. The molecule has 106 valence electrons. The van der Waals surface area contributed by atoms with Crippen molar-refractivity contribution < 1.29 is 4.74 Å². The molecule has 0 fully saturated rings. The second kappa shape index (κ2) is 6.00. The number of nitrogens with one attached hydrogen (secondary N) is 1. The molecule has 0 aliphatic heterocycles. The first kappa shape index (κ1) is 13.0. The molecule has 0 saturated carbocycles. The number of pyridine rings is 2. The van der Waals surface area contributed by atoms with E-state index < -0.39 is 0 Å². The number of anilines is 1. The summed E-state index contributed by atoms with van der Waals surface area (Å²) in [5.74, 6) is 1.29. The number of ether oxygens (including phenoxy) is 1. The molecule has 0 saturated heterocycles. The fourth-order valence-corrected chi connectivity index (χ4v) is 1.89. The van der Waals surface area contributed by atoms with Crippen LogP contribution in [-0.4, -0.2) is 31.8 Å². The van der Waals surface area contributed by atoms with Crippen LogP contribution in [0.2, 0.25) is 0 Å². The predicted molar refractivity (Wildman–Crippen MR) is 77.3 cm³/mol. The predicted octanol–water partition coefficient (Wildman–Crippen LogP) is 1.68. The SMILES string of the molecule is COc1cccc(CNc2cccnc2-n2cncn2)n1. The maximum atomic E-state index is 5.12. The summed E-state index contributed by atoms with van der Waals surface area (Å²) in [5, 5.41) is 7.40. The van der Waals surface area contributed by atoms with Gasteiger partial charge in [-0.1, -0.05) is 6.07 Å². The van der Waals surface area contributed by atoms with Crippen LogP contribution in [0.15, 0.2) is 49.2 Å². The van der Waals surface area contributed by atoms with Gasteiger partial charge in [0.25, 0.3) is 0 Å². The Kier molecular flexibility index (Phi) is 3.72. The van der Waals surface area contributed by atoms with Crippen LogP contribution in [0.4, 0.5) is 5.69 Å². The zero-order valence-electron chi connectivity index (χ0n) is 11.5. The summed E-state index contributed by atoms with van der Waals surface area (Å²) in [5.41, 5.74) is 1.73. The Morgan fingerprint density at radius 2 is 2.19 bits per heavy atom. The van der Waals surface area contributed by atoms with Crippen LogP contribution in [-0.2, 0) is 6.54 Å². The smallest absolute Gasteiger partial charge is 0.213 e. The van der Waals surface area contributed by atoms with E-state index in [2.05, 4.69) is 25.4 Å². The summed E-state index contributed by atoms with van der Waals surface area (Å²) in [4.78, 5) is 12.6. The summed E-state index contributed by atoms with van der Waals surface area (Å²) < 4.78 is 6.73. The zero-order valence-corrected chi connectivity index (χ0v) is 11.5. The molecule has 0 aliphatic rings. The number of hydrogen-bond donors (Lipinski definition) is 1. The van der Waals surface area contributed by atoms with E-state index in [1.165, 1.54) is 6.33 Å². The van der Waals surface area contributed by atoms with Gasteiger partial charge in [0.2, 0.25) is 5.88 Å². The van der Waals surface area contributed by atoms with Crippen molar-refractivity contribution in [2.24, 2.45) is 0 Å². The first-order chi connectivity index (χ1) is 10.4. The summed E-state index contributed by atoms with van der Waals surface area (Å²) in [6.07, 6.45) is 4.80. The van der Waals surface area contributed by atoms with Gasteiger partial charge in [0.1, 0.15) is 12.7 Å². The van der Waals surface area contributed by atoms with Crippen molar-refractivity contribution in [3.63, 3.8) is 0 Å². The Morgan fingerprint density at radius 3 is 3.00 bits per heavy atom. The lowest BCUT2D eigenvalue weighted by molar-refractivity contribution is 0.396. The van der Waals surface area contributed by atoms with Crippen LogP contribution >= 0.6 is 0 Å². The van der Waals surface area contributed by atoms with Crippen LogP contribution in [0.3, 0.4) is 0 Å². The first-order valence-electron chi connectivity index (χ1n) is 6.40. The van der Waals surface area contributed by atoms with Crippen molar-refractivity contribution in [1.82, 2.24) is 24.7 Å². The van der Waals surface area contributed by atoms with Crippen molar-refractivity contribution in [3.8, 4) is 11.7 Å². The van der Waals surface area contributed by atoms with Gasteiger partial charge in [-0.3, -0.25) is 0 Å². The molecule has 0 atom stereocenters. The topological polar surface area (TPSA) is 77.8 Å². The molecule has 3 aromatic rings. The lowest BCUT2D eigenvalue weighted by Gasteiger charge is -2.10. The van der Waals surface area contributed by atoms with Crippen LogP contribution in [0, 0.1) is 0 Å². The zero-order chi connectivity index (χ0) is 14.5. The van der Waals surface area contributed by atoms with Gasteiger partial charge in [0.05, 0.1) is 25.0 Å². The molecule has 7 heteroatoms. The highest BCUT2D eigenvalue weighted by atomic mass is 16.5. The minimum absolute atomic E-state index is 0.560. The average molecular weight is 282 g/mol. The average Bonchev–Trinajstić information content (AvgIpc) is 3.08. The van der Waals surface area contributed by atoms with Gasteiger partial charge in [-0.25, -0.2) is 19.6 Å². The molecular formula is C14H14N6O. The third-order valence-electron chi connectivity index (χ3n) is 2.87. The largest absolute Gasteiger partial charge is 0.481 e. The van der Waals surface area contributed by atoms with Crippen molar-refractivity contribution in [2.75, 3.05) is 12.4 Å². The highest BCUT2D eigenvalue weighted by molar-refractivity contribution is 5.56. The molecule has 3 rings (SSSR count). The number of rotatable bonds is 5. The molecule has 0 radical (unpaired) electrons. The normalized spacial score (nSPS) is 10.3. The van der Waals surface area contributed by atoms with E-state index in [0.29, 0.717) is 18.2 Å². The molecule has 0 unspecified atom stereocenters. The van der Waals surface area contributed by atoms with Crippen LogP contribution in [0.1, 0.15) is 5.69 Å². The van der Waals surface area contributed by atoms with E-state index in [-0.39, 0.29) is 0 Å². The van der Waals surface area contributed by atoms with Gasteiger partial charge in [-0.2, -0.15) is 5.10 Å². The van der Waals surface area contributed by atoms with E-state index in [1.807, 2.05) is 30.3 Å². The lowest BCUT2D eigenvalue weighted by atomic mass is 10.3. The summed E-state index contributed by atoms with van der Waals surface area (Å²) in [6, 6.07) is 9.45. The molecule has 7 nitrogen and oxygen atoms in total. The molecule has 0 aromatic carbocycles.